The number of urea groups is 1. The molecule has 18 nitrogen and oxygen atoms in total. The molecular formula is C47H49N8O10S2+. The highest BCUT2D eigenvalue weighted by Crippen LogP contribution is 2.47. The molecule has 8 amide bonds. The summed E-state index contributed by atoms with van der Waals surface area (Å²) in [5, 5.41) is 6.64. The number of ether oxygens (including phenoxy) is 2. The molecule has 0 aliphatic carbocycles. The van der Waals surface area contributed by atoms with E-state index in [1.165, 1.54) is 38.0 Å². The van der Waals surface area contributed by atoms with E-state index in [4.69, 9.17) is 9.47 Å². The van der Waals surface area contributed by atoms with Crippen LogP contribution in [0.25, 0.3) is 0 Å². The van der Waals surface area contributed by atoms with Crippen molar-refractivity contribution in [3.05, 3.63) is 143 Å². The van der Waals surface area contributed by atoms with Crippen LogP contribution in [-0.2, 0) is 38.2 Å². The van der Waals surface area contributed by atoms with Gasteiger partial charge in [0.1, 0.15) is 22.7 Å². The van der Waals surface area contributed by atoms with Gasteiger partial charge in [0.2, 0.25) is 30.4 Å². The fourth-order valence-corrected chi connectivity index (χ4v) is 10.0. The summed E-state index contributed by atoms with van der Waals surface area (Å²) in [5.41, 5.74) is 1.87. The van der Waals surface area contributed by atoms with E-state index in [9.17, 15) is 38.4 Å². The molecule has 4 N–H and O–H groups in total. The zero-order valence-electron chi connectivity index (χ0n) is 37.0. The number of fused-ring (bicyclic) bond motifs is 1. The minimum Gasteiger partial charge on any atom is -0.448 e. The number of hydrogen-bond donors (Lipinski definition) is 4. The van der Waals surface area contributed by atoms with Crippen molar-refractivity contribution >= 4 is 71.7 Å². The Morgan fingerprint density at radius 3 is 2.03 bits per heavy atom. The minimum absolute atomic E-state index is 0.0735. The number of rotatable bonds is 15. The summed E-state index contributed by atoms with van der Waals surface area (Å²) < 4.78 is 13.1. The first-order chi connectivity index (χ1) is 32.1. The van der Waals surface area contributed by atoms with Crippen LogP contribution in [0.4, 0.5) is 9.59 Å². The van der Waals surface area contributed by atoms with E-state index in [1.807, 2.05) is 60.7 Å². The van der Waals surface area contributed by atoms with E-state index in [2.05, 4.69) is 21.4 Å². The molecule has 0 bridgehead atoms. The zero-order valence-corrected chi connectivity index (χ0v) is 38.6. The average molecular weight is 950 g/mol. The predicted molar refractivity (Wildman–Crippen MR) is 246 cm³/mol. The molecule has 3 aromatic carbocycles. The first kappa shape index (κ1) is 47.8. The average Bonchev–Trinajstić information content (AvgIpc) is 3.32. The Labute approximate surface area is 394 Å². The number of imide groups is 1. The second kappa shape index (κ2) is 20.5. The highest BCUT2D eigenvalue weighted by Gasteiger charge is 2.66. The van der Waals surface area contributed by atoms with Gasteiger partial charge >= 0.3 is 29.9 Å². The molecule has 20 heteroatoms. The number of esters is 1. The number of likely N-dealkylation sites (N-methyl/N-ethyl adjacent to an activating group) is 1. The number of pyridine rings is 1. The summed E-state index contributed by atoms with van der Waals surface area (Å²) in [5.74, 6) is -4.20. The molecule has 1 aromatic heterocycles. The third kappa shape index (κ3) is 10.6. The number of hydrogen-bond acceptors (Lipinski definition) is 12. The van der Waals surface area contributed by atoms with Crippen molar-refractivity contribution in [1.29, 1.82) is 0 Å². The highest BCUT2D eigenvalue weighted by molar-refractivity contribution is 8.01. The maximum Gasteiger partial charge on any atom is 0.461 e. The quantitative estimate of drug-likeness (QED) is 0.0255. The van der Waals surface area contributed by atoms with Crippen LogP contribution in [0.5, 0.6) is 0 Å². The van der Waals surface area contributed by atoms with Crippen LogP contribution in [0.3, 0.4) is 0 Å². The number of amides is 8. The Morgan fingerprint density at radius 2 is 1.46 bits per heavy atom. The highest BCUT2D eigenvalue weighted by atomic mass is 32.2. The van der Waals surface area contributed by atoms with Crippen LogP contribution in [0.1, 0.15) is 56.5 Å². The van der Waals surface area contributed by atoms with Crippen LogP contribution in [0, 0.1) is 0 Å². The van der Waals surface area contributed by atoms with E-state index < -0.39 is 70.5 Å². The molecule has 7 rings (SSSR count). The van der Waals surface area contributed by atoms with E-state index in [0.717, 1.165) is 9.80 Å². The molecule has 0 unspecified atom stereocenters. The predicted octanol–water partition coefficient (Wildman–Crippen LogP) is 3.75. The zero-order chi connectivity index (χ0) is 47.9. The number of aromatic nitrogens is 1. The first-order valence-corrected chi connectivity index (χ1v) is 23.3. The molecule has 2 fully saturated rings. The maximum atomic E-state index is 14.8. The summed E-state index contributed by atoms with van der Waals surface area (Å²) in [4.78, 5) is 112. The Kier molecular flexibility index (Phi) is 14.6. The smallest absolute Gasteiger partial charge is 0.448 e. The Hall–Kier alpha value is -7.19. The molecule has 3 atom stereocenters. The monoisotopic (exact) mass is 949 g/mol. The Bertz CT molecular complexity index is 2520. The maximum absolute atomic E-state index is 14.8. The lowest BCUT2D eigenvalue weighted by Crippen LogP contribution is -2.85. The van der Waals surface area contributed by atoms with Gasteiger partial charge in [-0.15, -0.1) is 23.5 Å². The van der Waals surface area contributed by atoms with Gasteiger partial charge in [-0.1, -0.05) is 101 Å². The number of nitrogens with one attached hydrogen (secondary N) is 4. The second-order valence-corrected chi connectivity index (χ2v) is 18.6. The lowest BCUT2D eigenvalue weighted by Gasteiger charge is -2.57. The largest absolute Gasteiger partial charge is 0.461 e. The third-order valence-electron chi connectivity index (χ3n) is 10.8. The van der Waals surface area contributed by atoms with E-state index >= 15 is 0 Å². The molecule has 0 spiro atoms. The molecule has 4 aromatic rings. The summed E-state index contributed by atoms with van der Waals surface area (Å²) in [7, 11) is 0. The van der Waals surface area contributed by atoms with Crippen LogP contribution < -0.4 is 26.1 Å². The van der Waals surface area contributed by atoms with Crippen molar-refractivity contribution in [3.8, 4) is 0 Å². The molecule has 2 saturated heterocycles. The van der Waals surface area contributed by atoms with Gasteiger partial charge in [-0.25, -0.2) is 14.4 Å². The van der Waals surface area contributed by atoms with Gasteiger partial charge < -0.3 is 30.3 Å². The molecule has 0 saturated carbocycles. The fraction of sp³-hybridized carbons (Fsp3) is 0.298. The van der Waals surface area contributed by atoms with E-state index in [0.29, 0.717) is 16.7 Å². The van der Waals surface area contributed by atoms with Crippen molar-refractivity contribution in [1.82, 2.24) is 30.7 Å². The molecule has 3 aliphatic heterocycles. The van der Waals surface area contributed by atoms with Crippen LogP contribution in [0.2, 0.25) is 0 Å². The topological polar surface area (TPSA) is 217 Å². The van der Waals surface area contributed by atoms with Crippen LogP contribution in [-0.4, -0.2) is 111 Å². The molecule has 67 heavy (non-hydrogen) atoms. The van der Waals surface area contributed by atoms with Crippen molar-refractivity contribution in [2.24, 2.45) is 0 Å². The normalized spacial score (nSPS) is 18.6. The first-order valence-electron chi connectivity index (χ1n) is 21.3. The number of carbonyl (C=O) groups is 8. The van der Waals surface area contributed by atoms with Gasteiger partial charge in [0.15, 0.2) is 6.10 Å². The van der Waals surface area contributed by atoms with Gasteiger partial charge in [-0.3, -0.25) is 33.8 Å². The van der Waals surface area contributed by atoms with Gasteiger partial charge in [0.25, 0.3) is 5.91 Å². The van der Waals surface area contributed by atoms with E-state index in [-0.39, 0.29) is 48.8 Å². The van der Waals surface area contributed by atoms with E-state index in [1.54, 1.807) is 82.6 Å². The second-order valence-electron chi connectivity index (χ2n) is 16.4. The number of thioether (sulfide) groups is 2. The lowest BCUT2D eigenvalue weighted by molar-refractivity contribution is -0.643. The lowest BCUT2D eigenvalue weighted by atomic mass is 9.94. The van der Waals surface area contributed by atoms with Crippen molar-refractivity contribution in [2.45, 2.75) is 61.4 Å². The number of benzene rings is 3. The molecule has 0 radical (unpaired) electrons. The number of nitrogens with zero attached hydrogens (tertiary/aromatic N) is 4. The Morgan fingerprint density at radius 1 is 0.866 bits per heavy atom. The number of β-lactam (4-membered cyclic amide) rings is 1. The molecule has 4 heterocycles. The summed E-state index contributed by atoms with van der Waals surface area (Å²) in [6.45, 7) is 7.22. The molecule has 348 valence electrons. The SMILES string of the molecule is CCN1CCN(C(=O)N[C@@H](C(=O)N[C@]2(NC=O)C(=O)N3C(C(=O)OC(c4ccccc4)c4ccccc4)=C(CSc4cc[n+](NC(=O)OC(C)(C)C)cc4)CS[C@@H]32)c2ccccc2)C(=O)C1=O. The standard InChI is InChI=1S/C47H48N8O10S2/c1-5-52-25-26-54(40(59)39(52)58)44(62)49-35(30-15-9-6-10-16-30)38(57)50-47(48-29-56)42(61)55-36(41(60)64-37(31-17-11-7-12-18-31)32-19-13-8-14-20-32)33(28-67-43(47)55)27-66-34-21-23-53(24-22-34)51-45(63)65-46(2,3)4/h6-24,29,35,37,43H,5,25-28H2,1-4H3,(H3-,48,49,50,51,56,57,62,63)/p+1/t35-,43-,47-/m1/s1. The third-order valence-corrected chi connectivity index (χ3v) is 13.3. The number of carbonyl (C=O) groups excluding carboxylic acids is 8. The summed E-state index contributed by atoms with van der Waals surface area (Å²) in [6.07, 6.45) is 1.98. The molecule has 3 aliphatic rings. The Balaban J connectivity index is 1.18. The van der Waals surface area contributed by atoms with Gasteiger partial charge in [-0.2, -0.15) is 0 Å². The minimum atomic E-state index is -2.11. The summed E-state index contributed by atoms with van der Waals surface area (Å²) >= 11 is 2.54. The van der Waals surface area contributed by atoms with Gasteiger partial charge in [0, 0.05) is 48.2 Å². The van der Waals surface area contributed by atoms with Crippen molar-refractivity contribution in [3.63, 3.8) is 0 Å². The van der Waals surface area contributed by atoms with Crippen LogP contribution >= 0.6 is 23.5 Å². The van der Waals surface area contributed by atoms with Crippen LogP contribution in [0.15, 0.2) is 132 Å². The number of piperazine rings is 1. The fourth-order valence-electron chi connectivity index (χ4n) is 7.59. The van der Waals surface area contributed by atoms with Crippen molar-refractivity contribution in [2.75, 3.05) is 36.6 Å². The summed E-state index contributed by atoms with van der Waals surface area (Å²) in [6, 6.07) is 27.2. The van der Waals surface area contributed by atoms with Gasteiger partial charge in [0.05, 0.1) is 0 Å². The van der Waals surface area contributed by atoms with Gasteiger partial charge in [-0.05, 0) is 50.0 Å². The molecular weight excluding hydrogens is 901 g/mol. The van der Waals surface area contributed by atoms with Crippen molar-refractivity contribution < 1.29 is 52.5 Å².